The number of thioether (sulfide) groups is 1. The number of aromatic nitrogens is 3. The second-order valence-electron chi connectivity index (χ2n) is 5.57. The largest absolute Gasteiger partial charge is 0.442 e. The topological polar surface area (TPSA) is 94.8 Å². The van der Waals surface area contributed by atoms with E-state index in [4.69, 9.17) is 4.52 Å². The van der Waals surface area contributed by atoms with Crippen molar-refractivity contribution in [3.63, 3.8) is 0 Å². The standard InChI is InChI=1S/C18H14N4O3S/c23-16(20-13-6-7-15-12(10-13)8-9-19-15)11-26-17-18(24)25-21-22(17)14-4-2-1-3-5-14/h1-10,21,24H,11H2/p+1. The van der Waals surface area contributed by atoms with Gasteiger partial charge in [-0.3, -0.25) is 9.32 Å². The van der Waals surface area contributed by atoms with Crippen molar-refractivity contribution in [3.8, 4) is 5.69 Å². The molecule has 2 heterocycles. The van der Waals surface area contributed by atoms with Crippen LogP contribution >= 0.6 is 11.8 Å². The summed E-state index contributed by atoms with van der Waals surface area (Å²) in [6, 6.07) is 16.8. The Labute approximate surface area is 152 Å². The maximum Gasteiger partial charge on any atom is 0.442 e. The molecular formula is C18H15N4O3S+. The molecule has 130 valence electrons. The van der Waals surface area contributed by atoms with Crippen LogP contribution in [-0.4, -0.2) is 21.9 Å². The number of benzene rings is 2. The minimum Gasteiger partial charge on any atom is -0.361 e. The lowest BCUT2D eigenvalue weighted by Gasteiger charge is -2.04. The van der Waals surface area contributed by atoms with Gasteiger partial charge in [0.1, 0.15) is 0 Å². The normalized spacial score (nSPS) is 10.9. The van der Waals surface area contributed by atoms with Crippen LogP contribution in [0.3, 0.4) is 0 Å². The summed E-state index contributed by atoms with van der Waals surface area (Å²) in [5.74, 6) is -0.120. The van der Waals surface area contributed by atoms with E-state index in [1.165, 1.54) is 4.68 Å². The number of para-hydroxylation sites is 1. The third-order valence-electron chi connectivity index (χ3n) is 3.80. The summed E-state index contributed by atoms with van der Waals surface area (Å²) >= 11 is 1.12. The molecule has 3 N–H and O–H groups in total. The van der Waals surface area contributed by atoms with Gasteiger partial charge in [0.05, 0.1) is 5.75 Å². The molecule has 8 heteroatoms. The lowest BCUT2D eigenvalue weighted by molar-refractivity contribution is -0.704. The predicted molar refractivity (Wildman–Crippen MR) is 98.5 cm³/mol. The van der Waals surface area contributed by atoms with Gasteiger partial charge >= 0.3 is 10.7 Å². The Kier molecular flexibility index (Phi) is 4.32. The van der Waals surface area contributed by atoms with Crippen molar-refractivity contribution in [2.24, 2.45) is 0 Å². The van der Waals surface area contributed by atoms with E-state index in [1.807, 2.05) is 60.8 Å². The molecule has 0 radical (unpaired) electrons. The minimum absolute atomic E-state index is 0.0839. The first-order valence-electron chi connectivity index (χ1n) is 7.89. The zero-order valence-corrected chi connectivity index (χ0v) is 14.4. The number of carbonyl (C=O) groups excluding carboxylic acids is 1. The van der Waals surface area contributed by atoms with Crippen LogP contribution < -0.4 is 15.6 Å². The summed E-state index contributed by atoms with van der Waals surface area (Å²) in [5.41, 5.74) is 1.95. The molecule has 2 aromatic heterocycles. The lowest BCUT2D eigenvalue weighted by atomic mass is 10.2. The second-order valence-corrected chi connectivity index (χ2v) is 6.54. The number of amides is 1. The number of rotatable bonds is 5. The fraction of sp³-hybridized carbons (Fsp3) is 0.0556. The molecule has 1 amide bonds. The molecule has 7 nitrogen and oxygen atoms in total. The van der Waals surface area contributed by atoms with E-state index in [9.17, 15) is 9.59 Å². The van der Waals surface area contributed by atoms with Gasteiger partial charge in [-0.25, -0.2) is 4.79 Å². The van der Waals surface area contributed by atoms with E-state index < -0.39 is 5.63 Å². The van der Waals surface area contributed by atoms with Gasteiger partial charge in [-0.1, -0.05) is 18.2 Å². The molecular weight excluding hydrogens is 352 g/mol. The maximum absolute atomic E-state index is 12.2. The smallest absolute Gasteiger partial charge is 0.361 e. The van der Waals surface area contributed by atoms with Crippen LogP contribution in [0, 0.1) is 0 Å². The first-order valence-corrected chi connectivity index (χ1v) is 8.88. The fourth-order valence-electron chi connectivity index (χ4n) is 2.60. The average Bonchev–Trinajstić information content (AvgIpc) is 3.26. The van der Waals surface area contributed by atoms with Crippen LogP contribution in [0.15, 0.2) is 75.1 Å². The summed E-state index contributed by atoms with van der Waals surface area (Å²) in [6.07, 6.45) is 1.85. The van der Waals surface area contributed by atoms with Crippen LogP contribution in [0.4, 0.5) is 5.69 Å². The highest BCUT2D eigenvalue weighted by atomic mass is 32.2. The summed E-state index contributed by atoms with van der Waals surface area (Å²) in [7, 11) is 0. The van der Waals surface area contributed by atoms with Crippen LogP contribution in [0.2, 0.25) is 0 Å². The summed E-state index contributed by atoms with van der Waals surface area (Å²) < 4.78 is 6.39. The highest BCUT2D eigenvalue weighted by Crippen LogP contribution is 2.18. The number of hydrogen-bond acceptors (Lipinski definition) is 4. The Hall–Kier alpha value is -3.26. The number of nitrogens with zero attached hydrogens (tertiary/aromatic N) is 1. The molecule has 26 heavy (non-hydrogen) atoms. The first-order chi connectivity index (χ1) is 12.7. The van der Waals surface area contributed by atoms with E-state index in [2.05, 4.69) is 15.6 Å². The van der Waals surface area contributed by atoms with Gasteiger partial charge in [-0.15, -0.1) is 0 Å². The molecule has 0 aliphatic carbocycles. The quantitative estimate of drug-likeness (QED) is 0.373. The average molecular weight is 367 g/mol. The van der Waals surface area contributed by atoms with Gasteiger partial charge in [0, 0.05) is 34.9 Å². The SMILES string of the molecule is O=C(CSc1c(=O)o[nH][n+]1-c1ccccc1)Nc1ccc2[nH]ccc2c1. The number of hydrogen-bond donors (Lipinski definition) is 3. The first kappa shape index (κ1) is 16.2. The summed E-state index contributed by atoms with van der Waals surface area (Å²) in [6.45, 7) is 0. The third-order valence-corrected chi connectivity index (χ3v) is 4.83. The molecule has 0 unspecified atom stereocenters. The molecule has 0 bridgehead atoms. The van der Waals surface area contributed by atoms with E-state index >= 15 is 0 Å². The number of anilines is 1. The van der Waals surface area contributed by atoms with Gasteiger partial charge in [-0.2, -0.15) is 0 Å². The molecule has 4 aromatic rings. The number of aromatic amines is 2. The lowest BCUT2D eigenvalue weighted by Crippen LogP contribution is -2.36. The van der Waals surface area contributed by atoms with Gasteiger partial charge in [-0.05, 0) is 46.0 Å². The van der Waals surface area contributed by atoms with Crippen molar-refractivity contribution in [1.29, 1.82) is 0 Å². The van der Waals surface area contributed by atoms with Crippen molar-refractivity contribution >= 4 is 34.3 Å². The molecule has 0 fully saturated rings. The van der Waals surface area contributed by atoms with Crippen molar-refractivity contribution in [1.82, 2.24) is 10.3 Å². The molecule has 2 aromatic carbocycles. The van der Waals surface area contributed by atoms with Gasteiger partial charge in [0.25, 0.3) is 0 Å². The molecule has 0 aliphatic rings. The van der Waals surface area contributed by atoms with Crippen molar-refractivity contribution in [2.75, 3.05) is 11.1 Å². The highest BCUT2D eigenvalue weighted by Gasteiger charge is 2.24. The van der Waals surface area contributed by atoms with Crippen LogP contribution in [0.5, 0.6) is 0 Å². The fourth-order valence-corrected chi connectivity index (χ4v) is 3.37. The molecule has 0 atom stereocenters. The summed E-state index contributed by atoms with van der Waals surface area (Å²) in [4.78, 5) is 27.3. The van der Waals surface area contributed by atoms with E-state index in [1.54, 1.807) is 0 Å². The molecule has 4 rings (SSSR count). The van der Waals surface area contributed by atoms with E-state index in [-0.39, 0.29) is 11.7 Å². The Morgan fingerprint density at radius 1 is 1.15 bits per heavy atom. The van der Waals surface area contributed by atoms with Gasteiger partial charge < -0.3 is 10.3 Å². The zero-order chi connectivity index (χ0) is 17.9. The predicted octanol–water partition coefficient (Wildman–Crippen LogP) is 2.46. The summed E-state index contributed by atoms with van der Waals surface area (Å²) in [5, 5.41) is 6.72. The Bertz CT molecular complexity index is 1110. The van der Waals surface area contributed by atoms with Crippen LogP contribution in [0.1, 0.15) is 0 Å². The number of fused-ring (bicyclic) bond motifs is 1. The number of carbonyl (C=O) groups is 1. The Morgan fingerprint density at radius 3 is 2.85 bits per heavy atom. The molecule has 0 spiro atoms. The van der Waals surface area contributed by atoms with Crippen LogP contribution in [0.25, 0.3) is 16.6 Å². The third kappa shape index (κ3) is 3.27. The van der Waals surface area contributed by atoms with Crippen molar-refractivity contribution in [2.45, 2.75) is 5.03 Å². The number of nitrogens with one attached hydrogen (secondary N) is 3. The minimum atomic E-state index is -0.514. The van der Waals surface area contributed by atoms with Crippen LogP contribution in [-0.2, 0) is 4.79 Å². The van der Waals surface area contributed by atoms with Crippen molar-refractivity contribution in [3.05, 3.63) is 71.2 Å². The zero-order valence-electron chi connectivity index (χ0n) is 13.6. The monoisotopic (exact) mass is 367 g/mol. The Balaban J connectivity index is 1.46. The highest BCUT2D eigenvalue weighted by molar-refractivity contribution is 7.99. The van der Waals surface area contributed by atoms with Crippen molar-refractivity contribution < 1.29 is 14.0 Å². The van der Waals surface area contributed by atoms with Gasteiger partial charge in [0.15, 0.2) is 0 Å². The molecule has 0 aliphatic heterocycles. The Morgan fingerprint density at radius 2 is 2.00 bits per heavy atom. The van der Waals surface area contributed by atoms with E-state index in [0.29, 0.717) is 10.7 Å². The van der Waals surface area contributed by atoms with Gasteiger partial charge in [0.2, 0.25) is 11.6 Å². The molecule has 0 saturated heterocycles. The number of H-pyrrole nitrogens is 2. The maximum atomic E-state index is 12.2. The van der Waals surface area contributed by atoms with E-state index in [0.717, 1.165) is 28.4 Å². The molecule has 0 saturated carbocycles. The second kappa shape index (κ2) is 6.93.